The van der Waals surface area contributed by atoms with Gasteiger partial charge in [-0.05, 0) is 36.1 Å². The van der Waals surface area contributed by atoms with Gasteiger partial charge in [0.05, 0.1) is 0 Å². The molecule has 0 amide bonds. The number of halogens is 1. The molecule has 28 heavy (non-hydrogen) atoms. The Kier molecular flexibility index (Phi) is 8.83. The van der Waals surface area contributed by atoms with Crippen molar-refractivity contribution < 1.29 is 0 Å². The Labute approximate surface area is 186 Å². The molecule has 4 nitrogen and oxygen atoms in total. The van der Waals surface area contributed by atoms with Gasteiger partial charge in [-0.15, -0.1) is 24.0 Å². The van der Waals surface area contributed by atoms with E-state index in [-0.39, 0.29) is 24.0 Å². The van der Waals surface area contributed by atoms with Crippen LogP contribution in [0.4, 0.5) is 5.69 Å². The van der Waals surface area contributed by atoms with Crippen molar-refractivity contribution in [2.45, 2.75) is 26.3 Å². The zero-order chi connectivity index (χ0) is 19.1. The van der Waals surface area contributed by atoms with Gasteiger partial charge in [0.2, 0.25) is 0 Å². The van der Waals surface area contributed by atoms with E-state index < -0.39 is 0 Å². The largest absolute Gasteiger partial charge is 0.364 e. The molecule has 0 radical (unpaired) electrons. The van der Waals surface area contributed by atoms with E-state index in [4.69, 9.17) is 0 Å². The number of aryl methyl sites for hydroxylation is 1. The Hall–Kier alpha value is -2.02. The number of anilines is 1. The van der Waals surface area contributed by atoms with Crippen LogP contribution in [0.1, 0.15) is 29.5 Å². The van der Waals surface area contributed by atoms with Crippen LogP contribution in [0.5, 0.6) is 0 Å². The third-order valence-electron chi connectivity index (χ3n) is 5.03. The number of guanidine groups is 1. The molecule has 1 aliphatic heterocycles. The Morgan fingerprint density at radius 1 is 1.00 bits per heavy atom. The molecule has 2 aromatic carbocycles. The second-order valence-electron chi connectivity index (χ2n) is 7.16. The Morgan fingerprint density at radius 3 is 2.25 bits per heavy atom. The third kappa shape index (κ3) is 6.26. The Morgan fingerprint density at radius 2 is 1.64 bits per heavy atom. The van der Waals surface area contributed by atoms with E-state index >= 15 is 0 Å². The predicted molar refractivity (Wildman–Crippen MR) is 131 cm³/mol. The summed E-state index contributed by atoms with van der Waals surface area (Å²) in [5.74, 6) is 1.26. The molecule has 1 aliphatic rings. The van der Waals surface area contributed by atoms with Crippen LogP contribution in [-0.2, 0) is 6.54 Å². The van der Waals surface area contributed by atoms with Gasteiger partial charge in [0.1, 0.15) is 0 Å². The Bertz CT molecular complexity index is 773. The molecule has 0 fully saturated rings. The van der Waals surface area contributed by atoms with Gasteiger partial charge < -0.3 is 15.5 Å². The molecule has 2 N–H and O–H groups in total. The first-order valence-electron chi connectivity index (χ1n) is 9.65. The predicted octanol–water partition coefficient (Wildman–Crippen LogP) is 4.46. The molecule has 1 heterocycles. The van der Waals surface area contributed by atoms with E-state index in [1.54, 1.807) is 0 Å². The molecule has 3 rings (SSSR count). The molecular formula is C23H31IN4. The molecule has 0 saturated carbocycles. The molecule has 0 spiro atoms. The lowest BCUT2D eigenvalue weighted by atomic mass is 10.0. The van der Waals surface area contributed by atoms with Gasteiger partial charge >= 0.3 is 0 Å². The lowest BCUT2D eigenvalue weighted by molar-refractivity contribution is 0.698. The highest BCUT2D eigenvalue weighted by molar-refractivity contribution is 14.0. The lowest BCUT2D eigenvalue weighted by Crippen LogP contribution is -2.38. The van der Waals surface area contributed by atoms with Gasteiger partial charge in [-0.25, -0.2) is 0 Å². The number of hydrogen-bond donors (Lipinski definition) is 2. The highest BCUT2D eigenvalue weighted by Crippen LogP contribution is 2.17. The molecule has 0 aromatic heterocycles. The van der Waals surface area contributed by atoms with Crippen molar-refractivity contribution >= 4 is 35.6 Å². The SMILES string of the molecule is CN=C(NCc1ccc(N2CC=CC2)cc1)NCC(C)c1ccc(C)cc1.I. The molecular weight excluding hydrogens is 459 g/mol. The van der Waals surface area contributed by atoms with Gasteiger partial charge in [-0.2, -0.15) is 0 Å². The minimum absolute atomic E-state index is 0. The van der Waals surface area contributed by atoms with E-state index in [1.807, 2.05) is 7.05 Å². The maximum absolute atomic E-state index is 4.34. The molecule has 0 bridgehead atoms. The molecule has 0 aliphatic carbocycles. The molecule has 2 aromatic rings. The van der Waals surface area contributed by atoms with Crippen molar-refractivity contribution in [2.24, 2.45) is 4.99 Å². The van der Waals surface area contributed by atoms with Gasteiger partial charge in [-0.1, -0.05) is 61.0 Å². The van der Waals surface area contributed by atoms with Crippen LogP contribution in [0.3, 0.4) is 0 Å². The summed E-state index contributed by atoms with van der Waals surface area (Å²) in [6, 6.07) is 17.5. The quantitative estimate of drug-likeness (QED) is 0.272. The van der Waals surface area contributed by atoms with Gasteiger partial charge in [0, 0.05) is 38.9 Å². The molecule has 150 valence electrons. The van der Waals surface area contributed by atoms with E-state index in [2.05, 4.69) is 95.1 Å². The summed E-state index contributed by atoms with van der Waals surface area (Å²) in [5, 5.41) is 6.83. The fourth-order valence-corrected chi connectivity index (χ4v) is 3.18. The zero-order valence-corrected chi connectivity index (χ0v) is 19.3. The minimum atomic E-state index is 0. The van der Waals surface area contributed by atoms with Crippen LogP contribution in [0.15, 0.2) is 65.7 Å². The van der Waals surface area contributed by atoms with Crippen molar-refractivity contribution in [1.29, 1.82) is 0 Å². The number of hydrogen-bond acceptors (Lipinski definition) is 2. The number of nitrogens with zero attached hydrogens (tertiary/aromatic N) is 2. The summed E-state index contributed by atoms with van der Waals surface area (Å²) in [5.41, 5.74) is 5.16. The number of aliphatic imine (C=N–C) groups is 1. The highest BCUT2D eigenvalue weighted by atomic mass is 127. The van der Waals surface area contributed by atoms with Crippen LogP contribution in [0.25, 0.3) is 0 Å². The second-order valence-corrected chi connectivity index (χ2v) is 7.16. The molecule has 5 heteroatoms. The Balaban J connectivity index is 0.00000280. The first kappa shape index (κ1) is 22.3. The summed E-state index contributed by atoms with van der Waals surface area (Å²) in [6.07, 6.45) is 4.42. The monoisotopic (exact) mass is 490 g/mol. The summed E-state index contributed by atoms with van der Waals surface area (Å²) < 4.78 is 0. The van der Waals surface area contributed by atoms with Gasteiger partial charge in [0.15, 0.2) is 5.96 Å². The van der Waals surface area contributed by atoms with E-state index in [0.717, 1.165) is 32.1 Å². The van der Waals surface area contributed by atoms with E-state index in [0.29, 0.717) is 5.92 Å². The summed E-state index contributed by atoms with van der Waals surface area (Å²) >= 11 is 0. The van der Waals surface area contributed by atoms with E-state index in [1.165, 1.54) is 22.4 Å². The van der Waals surface area contributed by atoms with Crippen molar-refractivity contribution in [1.82, 2.24) is 10.6 Å². The van der Waals surface area contributed by atoms with Crippen LogP contribution < -0.4 is 15.5 Å². The normalized spacial score (nSPS) is 14.5. The summed E-state index contributed by atoms with van der Waals surface area (Å²) in [7, 11) is 1.81. The molecule has 1 unspecified atom stereocenters. The number of nitrogens with one attached hydrogen (secondary N) is 2. The summed E-state index contributed by atoms with van der Waals surface area (Å²) in [6.45, 7) is 7.98. The van der Waals surface area contributed by atoms with Crippen LogP contribution in [0.2, 0.25) is 0 Å². The van der Waals surface area contributed by atoms with Crippen molar-refractivity contribution in [3.05, 3.63) is 77.4 Å². The van der Waals surface area contributed by atoms with Crippen molar-refractivity contribution in [2.75, 3.05) is 31.6 Å². The highest BCUT2D eigenvalue weighted by Gasteiger charge is 2.08. The van der Waals surface area contributed by atoms with Gasteiger partial charge in [-0.3, -0.25) is 4.99 Å². The average Bonchev–Trinajstić information content (AvgIpc) is 3.24. The fraction of sp³-hybridized carbons (Fsp3) is 0.348. The first-order chi connectivity index (χ1) is 13.2. The van der Waals surface area contributed by atoms with Crippen molar-refractivity contribution in [3.63, 3.8) is 0 Å². The maximum atomic E-state index is 4.34. The standard InChI is InChI=1S/C23H30N4.HI/c1-18-6-10-21(11-7-18)19(2)16-25-23(24-3)26-17-20-8-12-22(13-9-20)27-14-4-5-15-27;/h4-13,19H,14-17H2,1-3H3,(H2,24,25,26);1H. The fourth-order valence-electron chi connectivity index (χ4n) is 3.18. The average molecular weight is 490 g/mol. The van der Waals surface area contributed by atoms with Gasteiger partial charge in [0.25, 0.3) is 0 Å². The first-order valence-corrected chi connectivity index (χ1v) is 9.65. The maximum Gasteiger partial charge on any atom is 0.191 e. The van der Waals surface area contributed by atoms with Crippen molar-refractivity contribution in [3.8, 4) is 0 Å². The van der Waals surface area contributed by atoms with Crippen LogP contribution in [-0.4, -0.2) is 32.6 Å². The smallest absolute Gasteiger partial charge is 0.191 e. The molecule has 0 saturated heterocycles. The summed E-state index contributed by atoms with van der Waals surface area (Å²) in [4.78, 5) is 6.69. The molecule has 1 atom stereocenters. The minimum Gasteiger partial charge on any atom is -0.364 e. The van der Waals surface area contributed by atoms with Crippen LogP contribution in [0, 0.1) is 6.92 Å². The topological polar surface area (TPSA) is 39.7 Å². The van der Waals surface area contributed by atoms with Crippen LogP contribution >= 0.6 is 24.0 Å². The number of benzene rings is 2. The zero-order valence-electron chi connectivity index (χ0n) is 17.0. The second kappa shape index (κ2) is 11.1. The lowest BCUT2D eigenvalue weighted by Gasteiger charge is -2.18. The number of rotatable bonds is 6. The van der Waals surface area contributed by atoms with E-state index in [9.17, 15) is 0 Å². The third-order valence-corrected chi connectivity index (χ3v) is 5.03.